The third-order valence-corrected chi connectivity index (χ3v) is 3.49. The van der Waals surface area contributed by atoms with Crippen molar-refractivity contribution >= 4 is 11.6 Å². The second kappa shape index (κ2) is 4.97. The minimum absolute atomic E-state index is 0.0180. The van der Waals surface area contributed by atoms with Gasteiger partial charge in [0.2, 0.25) is 5.91 Å². The van der Waals surface area contributed by atoms with Gasteiger partial charge in [-0.05, 0) is 31.2 Å². The first kappa shape index (κ1) is 13.5. The Morgan fingerprint density at radius 1 is 1.58 bits per heavy atom. The maximum absolute atomic E-state index is 12.0. The van der Waals surface area contributed by atoms with Crippen molar-refractivity contribution in [2.24, 2.45) is 11.7 Å². The zero-order valence-electron chi connectivity index (χ0n) is 10.8. The summed E-state index contributed by atoms with van der Waals surface area (Å²) in [6.07, 6.45) is 1.97. The van der Waals surface area contributed by atoms with Gasteiger partial charge in [-0.2, -0.15) is 0 Å². The minimum Gasteiger partial charge on any atom is -0.350 e. The van der Waals surface area contributed by atoms with E-state index in [1.54, 1.807) is 19.1 Å². The van der Waals surface area contributed by atoms with E-state index in [0.717, 1.165) is 12.8 Å². The fourth-order valence-electron chi connectivity index (χ4n) is 2.02. The lowest BCUT2D eigenvalue weighted by molar-refractivity contribution is -0.384. The maximum atomic E-state index is 12.0. The Balaban J connectivity index is 1.97. The van der Waals surface area contributed by atoms with Crippen molar-refractivity contribution in [2.45, 2.75) is 31.8 Å². The van der Waals surface area contributed by atoms with Crippen LogP contribution >= 0.6 is 0 Å². The summed E-state index contributed by atoms with van der Waals surface area (Å²) in [4.78, 5) is 22.2. The lowest BCUT2D eigenvalue weighted by atomic mass is 9.96. The highest BCUT2D eigenvalue weighted by Crippen LogP contribution is 2.38. The Bertz CT molecular complexity index is 510. The van der Waals surface area contributed by atoms with Gasteiger partial charge in [-0.1, -0.05) is 12.1 Å². The van der Waals surface area contributed by atoms with E-state index in [-0.39, 0.29) is 24.1 Å². The molecule has 19 heavy (non-hydrogen) atoms. The molecule has 1 amide bonds. The lowest BCUT2D eigenvalue weighted by Crippen LogP contribution is -2.53. The summed E-state index contributed by atoms with van der Waals surface area (Å²) in [7, 11) is 0. The number of nitro benzene ring substituents is 1. The van der Waals surface area contributed by atoms with Gasteiger partial charge in [0, 0.05) is 18.7 Å². The van der Waals surface area contributed by atoms with E-state index in [4.69, 9.17) is 5.73 Å². The number of nitrogens with one attached hydrogen (secondary N) is 1. The van der Waals surface area contributed by atoms with E-state index >= 15 is 0 Å². The Kier molecular flexibility index (Phi) is 3.53. The van der Waals surface area contributed by atoms with E-state index in [9.17, 15) is 14.9 Å². The first-order chi connectivity index (χ1) is 8.91. The van der Waals surface area contributed by atoms with Crippen LogP contribution in [0.4, 0.5) is 5.69 Å². The van der Waals surface area contributed by atoms with E-state index in [1.807, 2.05) is 0 Å². The molecule has 3 N–H and O–H groups in total. The van der Waals surface area contributed by atoms with Gasteiger partial charge in [0.05, 0.1) is 10.5 Å². The number of rotatable bonds is 5. The summed E-state index contributed by atoms with van der Waals surface area (Å²) in [5.41, 5.74) is 5.85. The number of nitro groups is 1. The van der Waals surface area contributed by atoms with Crippen LogP contribution < -0.4 is 11.1 Å². The second-order valence-corrected chi connectivity index (χ2v) is 5.17. The molecule has 1 aliphatic carbocycles. The number of non-ortho nitro benzene ring substituents is 1. The Morgan fingerprint density at radius 2 is 2.26 bits per heavy atom. The predicted octanol–water partition coefficient (Wildman–Crippen LogP) is 1.34. The van der Waals surface area contributed by atoms with Crippen LogP contribution in [0.1, 0.15) is 25.3 Å². The molecule has 0 aromatic heterocycles. The molecule has 1 aromatic carbocycles. The highest BCUT2D eigenvalue weighted by molar-refractivity contribution is 5.86. The molecule has 2 rings (SSSR count). The molecule has 0 bridgehead atoms. The van der Waals surface area contributed by atoms with Gasteiger partial charge in [-0.25, -0.2) is 0 Å². The Labute approximate surface area is 111 Å². The van der Waals surface area contributed by atoms with Crippen LogP contribution in [-0.2, 0) is 11.3 Å². The SMILES string of the molecule is CC(N)(C(=O)NCc1cccc([N+](=O)[O-])c1)C1CC1. The van der Waals surface area contributed by atoms with Crippen LogP contribution in [0.3, 0.4) is 0 Å². The molecular formula is C13H17N3O3. The Hall–Kier alpha value is -1.95. The van der Waals surface area contributed by atoms with E-state index in [2.05, 4.69) is 5.32 Å². The fraction of sp³-hybridized carbons (Fsp3) is 0.462. The molecule has 102 valence electrons. The van der Waals surface area contributed by atoms with Crippen LogP contribution in [0, 0.1) is 16.0 Å². The molecule has 1 saturated carbocycles. The third-order valence-electron chi connectivity index (χ3n) is 3.49. The number of amides is 1. The van der Waals surface area contributed by atoms with Crippen LogP contribution in [0.15, 0.2) is 24.3 Å². The van der Waals surface area contributed by atoms with Crippen LogP contribution in [0.5, 0.6) is 0 Å². The molecule has 0 aliphatic heterocycles. The third kappa shape index (κ3) is 3.08. The molecular weight excluding hydrogens is 246 g/mol. The summed E-state index contributed by atoms with van der Waals surface area (Å²) in [6, 6.07) is 6.20. The van der Waals surface area contributed by atoms with Gasteiger partial charge in [-0.3, -0.25) is 14.9 Å². The standard InChI is InChI=1S/C13H17N3O3/c1-13(14,10-5-6-10)12(17)15-8-9-3-2-4-11(7-9)16(18)19/h2-4,7,10H,5-6,8,14H2,1H3,(H,15,17). The molecule has 1 fully saturated rings. The normalized spacial score (nSPS) is 17.6. The highest BCUT2D eigenvalue weighted by Gasteiger charge is 2.43. The average molecular weight is 263 g/mol. The average Bonchev–Trinajstić information content (AvgIpc) is 3.20. The molecule has 1 aromatic rings. The first-order valence-corrected chi connectivity index (χ1v) is 6.22. The number of carbonyl (C=O) groups excluding carboxylic acids is 1. The number of benzene rings is 1. The van der Waals surface area contributed by atoms with Gasteiger partial charge in [0.15, 0.2) is 0 Å². The Morgan fingerprint density at radius 3 is 2.84 bits per heavy atom. The molecule has 1 aliphatic rings. The van der Waals surface area contributed by atoms with Gasteiger partial charge in [0.25, 0.3) is 5.69 Å². The summed E-state index contributed by atoms with van der Waals surface area (Å²) < 4.78 is 0. The number of nitrogens with zero attached hydrogens (tertiary/aromatic N) is 1. The summed E-state index contributed by atoms with van der Waals surface area (Å²) in [5.74, 6) is 0.0408. The van der Waals surface area contributed by atoms with Crippen molar-refractivity contribution in [1.82, 2.24) is 5.32 Å². The van der Waals surface area contributed by atoms with Crippen molar-refractivity contribution < 1.29 is 9.72 Å². The van der Waals surface area contributed by atoms with Gasteiger partial charge >= 0.3 is 0 Å². The molecule has 0 saturated heterocycles. The first-order valence-electron chi connectivity index (χ1n) is 6.22. The quantitative estimate of drug-likeness (QED) is 0.618. The number of carbonyl (C=O) groups is 1. The maximum Gasteiger partial charge on any atom is 0.269 e. The van der Waals surface area contributed by atoms with E-state index < -0.39 is 10.5 Å². The van der Waals surface area contributed by atoms with E-state index in [0.29, 0.717) is 5.56 Å². The van der Waals surface area contributed by atoms with Crippen molar-refractivity contribution in [2.75, 3.05) is 0 Å². The summed E-state index contributed by atoms with van der Waals surface area (Å²) >= 11 is 0. The smallest absolute Gasteiger partial charge is 0.269 e. The van der Waals surface area contributed by atoms with Crippen LogP contribution in [0.25, 0.3) is 0 Å². The van der Waals surface area contributed by atoms with Gasteiger partial charge in [0.1, 0.15) is 0 Å². The molecule has 0 spiro atoms. The number of hydrogen-bond donors (Lipinski definition) is 2. The summed E-state index contributed by atoms with van der Waals surface area (Å²) in [5, 5.41) is 13.4. The predicted molar refractivity (Wildman–Crippen MR) is 70.3 cm³/mol. The van der Waals surface area contributed by atoms with Crippen molar-refractivity contribution in [1.29, 1.82) is 0 Å². The van der Waals surface area contributed by atoms with Crippen molar-refractivity contribution in [3.05, 3.63) is 39.9 Å². The molecule has 1 atom stereocenters. The van der Waals surface area contributed by atoms with Crippen molar-refractivity contribution in [3.8, 4) is 0 Å². The molecule has 1 unspecified atom stereocenters. The molecule has 6 heteroatoms. The highest BCUT2D eigenvalue weighted by atomic mass is 16.6. The van der Waals surface area contributed by atoms with Gasteiger partial charge in [-0.15, -0.1) is 0 Å². The molecule has 0 radical (unpaired) electrons. The van der Waals surface area contributed by atoms with Crippen LogP contribution in [-0.4, -0.2) is 16.4 Å². The zero-order chi connectivity index (χ0) is 14.0. The topological polar surface area (TPSA) is 98.3 Å². The monoisotopic (exact) mass is 263 g/mol. The van der Waals surface area contributed by atoms with Gasteiger partial charge < -0.3 is 11.1 Å². The zero-order valence-corrected chi connectivity index (χ0v) is 10.8. The fourth-order valence-corrected chi connectivity index (χ4v) is 2.02. The molecule has 0 heterocycles. The largest absolute Gasteiger partial charge is 0.350 e. The second-order valence-electron chi connectivity index (χ2n) is 5.17. The van der Waals surface area contributed by atoms with E-state index in [1.165, 1.54) is 12.1 Å². The minimum atomic E-state index is -0.847. The lowest BCUT2D eigenvalue weighted by Gasteiger charge is -2.23. The summed E-state index contributed by atoms with van der Waals surface area (Å²) in [6.45, 7) is 1.98. The number of nitrogens with two attached hydrogens (primary N) is 1. The van der Waals surface area contributed by atoms with Crippen molar-refractivity contribution in [3.63, 3.8) is 0 Å². The molecule has 6 nitrogen and oxygen atoms in total. The number of hydrogen-bond acceptors (Lipinski definition) is 4. The van der Waals surface area contributed by atoms with Crippen LogP contribution in [0.2, 0.25) is 0 Å².